The van der Waals surface area contributed by atoms with Crippen LogP contribution in [0.15, 0.2) is 64.5 Å². The average molecular weight is 450 g/mol. The van der Waals surface area contributed by atoms with Crippen molar-refractivity contribution in [3.8, 4) is 16.9 Å². The van der Waals surface area contributed by atoms with Crippen molar-refractivity contribution < 1.29 is 19.1 Å². The predicted octanol–water partition coefficient (Wildman–Crippen LogP) is 3.87. The summed E-state index contributed by atoms with van der Waals surface area (Å²) < 4.78 is 11.3. The normalized spacial score (nSPS) is 11.7. The molecule has 9 nitrogen and oxygen atoms in total. The third-order valence-electron chi connectivity index (χ3n) is 4.58. The maximum absolute atomic E-state index is 13.3. The van der Waals surface area contributed by atoms with Gasteiger partial charge in [-0.1, -0.05) is 30.3 Å². The molecule has 172 valence electrons. The van der Waals surface area contributed by atoms with Crippen molar-refractivity contribution in [2.75, 3.05) is 7.11 Å². The van der Waals surface area contributed by atoms with Gasteiger partial charge in [0, 0.05) is 5.56 Å². The van der Waals surface area contributed by atoms with E-state index < -0.39 is 17.7 Å². The zero-order valence-electron chi connectivity index (χ0n) is 19.1. The maximum atomic E-state index is 13.3. The first kappa shape index (κ1) is 23.5. The van der Waals surface area contributed by atoms with E-state index in [4.69, 9.17) is 9.47 Å². The fraction of sp³-hybridized carbons (Fsp3) is 0.250. The van der Waals surface area contributed by atoms with Gasteiger partial charge in [-0.2, -0.15) is 5.10 Å². The molecule has 0 saturated carbocycles. The lowest BCUT2D eigenvalue weighted by molar-refractivity contribution is 0.0528. The topological polar surface area (TPSA) is 115 Å². The summed E-state index contributed by atoms with van der Waals surface area (Å²) in [6, 6.07) is 15.7. The largest absolute Gasteiger partial charge is 0.465 e. The number of nitrogens with zero attached hydrogens (tertiary/aromatic N) is 2. The van der Waals surface area contributed by atoms with E-state index in [0.717, 1.165) is 0 Å². The molecule has 0 fully saturated rings. The van der Waals surface area contributed by atoms with Gasteiger partial charge in [-0.15, -0.1) is 0 Å². The lowest BCUT2D eigenvalue weighted by Gasteiger charge is -2.18. The Morgan fingerprint density at radius 3 is 2.24 bits per heavy atom. The summed E-state index contributed by atoms with van der Waals surface area (Å²) in [5.41, 5.74) is 3.98. The first-order valence-electron chi connectivity index (χ1n) is 10.2. The quantitative estimate of drug-likeness (QED) is 0.348. The number of benzene rings is 2. The standard InChI is InChI=1S/C24H26N4O5/c1-15(25-26-23(31)33-24(2,3)4)19-20(16-11-13-17(14-12-16)22(30)32-5)27-28(21(19)29)18-9-7-6-8-10-18/h6-14,27H,1-5H3,(H,26,31)/b25-15+. The SMILES string of the molecule is COC(=O)c1ccc(-c2[nH]n(-c3ccccc3)c(=O)c2/C(C)=N/NC(=O)OC(C)(C)C)cc1. The number of hydrazone groups is 1. The maximum Gasteiger partial charge on any atom is 0.428 e. The lowest BCUT2D eigenvalue weighted by atomic mass is 10.0. The number of para-hydroxylation sites is 1. The van der Waals surface area contributed by atoms with E-state index in [0.29, 0.717) is 22.5 Å². The Kier molecular flexibility index (Phi) is 6.81. The van der Waals surface area contributed by atoms with Crippen LogP contribution in [0.25, 0.3) is 16.9 Å². The molecule has 2 N–H and O–H groups in total. The van der Waals surface area contributed by atoms with E-state index in [9.17, 15) is 14.4 Å². The number of esters is 1. The van der Waals surface area contributed by atoms with Gasteiger partial charge in [0.05, 0.1) is 35.3 Å². The third kappa shape index (κ3) is 5.57. The molecule has 0 aliphatic heterocycles. The number of amides is 1. The molecule has 0 bridgehead atoms. The summed E-state index contributed by atoms with van der Waals surface area (Å²) in [4.78, 5) is 37.1. The second-order valence-corrected chi connectivity index (χ2v) is 8.22. The van der Waals surface area contributed by atoms with E-state index in [1.165, 1.54) is 11.8 Å². The predicted molar refractivity (Wildman–Crippen MR) is 125 cm³/mol. The number of ether oxygens (including phenoxy) is 2. The fourth-order valence-electron chi connectivity index (χ4n) is 3.12. The minimum absolute atomic E-state index is 0.265. The minimum atomic E-state index is -0.732. The highest BCUT2D eigenvalue weighted by molar-refractivity contribution is 6.04. The zero-order valence-corrected chi connectivity index (χ0v) is 19.1. The van der Waals surface area contributed by atoms with Crippen LogP contribution in [-0.4, -0.2) is 40.3 Å². The van der Waals surface area contributed by atoms with E-state index in [1.807, 2.05) is 18.2 Å². The van der Waals surface area contributed by atoms with Crippen molar-refractivity contribution >= 4 is 17.8 Å². The first-order chi connectivity index (χ1) is 15.6. The van der Waals surface area contributed by atoms with E-state index in [1.54, 1.807) is 64.1 Å². The van der Waals surface area contributed by atoms with Gasteiger partial charge >= 0.3 is 12.1 Å². The molecule has 1 heterocycles. The summed E-state index contributed by atoms with van der Waals surface area (Å²) in [7, 11) is 1.31. The second kappa shape index (κ2) is 9.56. The number of hydrogen-bond acceptors (Lipinski definition) is 6. The van der Waals surface area contributed by atoms with Gasteiger partial charge in [-0.05, 0) is 52.0 Å². The first-order valence-corrected chi connectivity index (χ1v) is 10.2. The highest BCUT2D eigenvalue weighted by atomic mass is 16.6. The van der Waals surface area contributed by atoms with Gasteiger partial charge < -0.3 is 9.47 Å². The van der Waals surface area contributed by atoms with E-state index in [-0.39, 0.29) is 16.8 Å². The van der Waals surface area contributed by atoms with Crippen LogP contribution >= 0.6 is 0 Å². The number of methoxy groups -OCH3 is 1. The fourth-order valence-corrected chi connectivity index (χ4v) is 3.12. The highest BCUT2D eigenvalue weighted by Gasteiger charge is 2.21. The summed E-state index contributed by atoms with van der Waals surface area (Å²) in [6.45, 7) is 6.83. The lowest BCUT2D eigenvalue weighted by Crippen LogP contribution is -2.30. The number of hydrogen-bond donors (Lipinski definition) is 2. The van der Waals surface area contributed by atoms with E-state index in [2.05, 4.69) is 15.6 Å². The number of carbonyl (C=O) groups is 2. The van der Waals surface area contributed by atoms with Gasteiger partial charge in [0.25, 0.3) is 5.56 Å². The van der Waals surface area contributed by atoms with Crippen LogP contribution in [0.2, 0.25) is 0 Å². The van der Waals surface area contributed by atoms with Crippen molar-refractivity contribution in [3.05, 3.63) is 76.1 Å². The van der Waals surface area contributed by atoms with Crippen molar-refractivity contribution in [1.29, 1.82) is 0 Å². The molecule has 0 aliphatic carbocycles. The number of H-pyrrole nitrogens is 1. The minimum Gasteiger partial charge on any atom is -0.465 e. The van der Waals surface area contributed by atoms with Gasteiger partial charge in [-0.3, -0.25) is 9.89 Å². The summed E-state index contributed by atoms with van der Waals surface area (Å²) in [5, 5.41) is 7.19. The van der Waals surface area contributed by atoms with Crippen LogP contribution in [0.5, 0.6) is 0 Å². The third-order valence-corrected chi connectivity index (χ3v) is 4.58. The second-order valence-electron chi connectivity index (χ2n) is 8.22. The molecule has 0 atom stereocenters. The molecule has 1 aromatic heterocycles. The van der Waals surface area contributed by atoms with Gasteiger partial charge in [-0.25, -0.2) is 19.7 Å². The van der Waals surface area contributed by atoms with Gasteiger partial charge in [0.1, 0.15) is 5.60 Å². The molecule has 0 saturated heterocycles. The monoisotopic (exact) mass is 450 g/mol. The summed E-state index contributed by atoms with van der Waals surface area (Å²) >= 11 is 0. The van der Waals surface area contributed by atoms with Crippen LogP contribution in [0.1, 0.15) is 43.6 Å². The highest BCUT2D eigenvalue weighted by Crippen LogP contribution is 2.22. The number of aromatic nitrogens is 2. The van der Waals surface area contributed by atoms with Crippen LogP contribution in [0.4, 0.5) is 4.79 Å². The van der Waals surface area contributed by atoms with Crippen LogP contribution in [-0.2, 0) is 9.47 Å². The average Bonchev–Trinajstić information content (AvgIpc) is 3.13. The smallest absolute Gasteiger partial charge is 0.428 e. The Balaban J connectivity index is 2.07. The summed E-state index contributed by atoms with van der Waals surface area (Å²) in [5.74, 6) is -0.462. The zero-order chi connectivity index (χ0) is 24.2. The molecule has 0 spiro atoms. The molecule has 3 rings (SSSR count). The molecular weight excluding hydrogens is 424 g/mol. The van der Waals surface area contributed by atoms with Crippen LogP contribution in [0, 0.1) is 0 Å². The molecule has 3 aromatic rings. The Morgan fingerprint density at radius 2 is 1.67 bits per heavy atom. The molecule has 0 unspecified atom stereocenters. The number of aromatic amines is 1. The molecular formula is C24H26N4O5. The molecule has 33 heavy (non-hydrogen) atoms. The van der Waals surface area contributed by atoms with E-state index >= 15 is 0 Å². The Hall–Kier alpha value is -4.14. The molecule has 0 aliphatic rings. The molecule has 9 heteroatoms. The Labute approximate surface area is 191 Å². The Morgan fingerprint density at radius 1 is 1.03 bits per heavy atom. The van der Waals surface area contributed by atoms with Gasteiger partial charge in [0.2, 0.25) is 0 Å². The molecule has 0 radical (unpaired) electrons. The van der Waals surface area contributed by atoms with Crippen molar-refractivity contribution in [3.63, 3.8) is 0 Å². The molecule has 1 amide bonds. The molecule has 2 aromatic carbocycles. The number of rotatable bonds is 5. The number of nitrogens with one attached hydrogen (secondary N) is 2. The van der Waals surface area contributed by atoms with Crippen molar-refractivity contribution in [1.82, 2.24) is 15.2 Å². The number of carbonyl (C=O) groups excluding carboxylic acids is 2. The van der Waals surface area contributed by atoms with Crippen LogP contribution < -0.4 is 11.0 Å². The van der Waals surface area contributed by atoms with Crippen molar-refractivity contribution in [2.24, 2.45) is 5.10 Å². The van der Waals surface area contributed by atoms with Gasteiger partial charge in [0.15, 0.2) is 0 Å². The summed E-state index contributed by atoms with van der Waals surface area (Å²) in [6.07, 6.45) is -0.732. The van der Waals surface area contributed by atoms with Crippen molar-refractivity contribution in [2.45, 2.75) is 33.3 Å². The van der Waals surface area contributed by atoms with Crippen LogP contribution in [0.3, 0.4) is 0 Å². The Bertz CT molecular complexity index is 1230.